The number of hydrogen-bond acceptors (Lipinski definition) is 4. The Hall–Kier alpha value is -11.5. The van der Waals surface area contributed by atoms with Gasteiger partial charge in [-0.05, 0) is 193 Å². The van der Waals surface area contributed by atoms with E-state index in [1.165, 1.54) is 115 Å². The molecule has 4 fully saturated rings. The van der Waals surface area contributed by atoms with Crippen molar-refractivity contribution < 1.29 is 0 Å². The van der Waals surface area contributed by atoms with Gasteiger partial charge in [-0.25, -0.2) is 19.9 Å². The molecule has 0 amide bonds. The Morgan fingerprint density at radius 2 is 0.725 bits per heavy atom. The summed E-state index contributed by atoms with van der Waals surface area (Å²) in [4.78, 5) is 22.6. The summed E-state index contributed by atoms with van der Waals surface area (Å²) in [5.41, 5.74) is 21.9. The molecule has 4 saturated carbocycles. The Balaban J connectivity index is 0.674. The van der Waals surface area contributed by atoms with E-state index in [2.05, 4.69) is 305 Å². The second kappa shape index (κ2) is 22.0. The number of aromatic nitrogens is 8. The summed E-state index contributed by atoms with van der Waals surface area (Å²) in [7, 11) is 0. The molecule has 102 heavy (non-hydrogen) atoms. The number of nitrogens with zero attached hydrogens (tertiary/aromatic N) is 8. The van der Waals surface area contributed by atoms with E-state index in [1.807, 2.05) is 0 Å². The molecule has 8 nitrogen and oxygen atoms in total. The number of hydrogen-bond donors (Lipinski definition) is 0. The summed E-state index contributed by atoms with van der Waals surface area (Å²) in [5, 5.41) is 12.0. The van der Waals surface area contributed by atoms with E-state index >= 15 is 0 Å². The topological polar surface area (TPSA) is 71.3 Å². The first-order chi connectivity index (χ1) is 50.2. The first kappa shape index (κ1) is 58.3. The Labute approximate surface area is 591 Å². The number of para-hydroxylation sites is 8. The third-order valence-corrected chi connectivity index (χ3v) is 25.1. The van der Waals surface area contributed by atoms with Crippen molar-refractivity contribution in [3.63, 3.8) is 0 Å². The first-order valence-corrected chi connectivity index (χ1v) is 37.1. The van der Waals surface area contributed by atoms with Crippen LogP contribution in [0.4, 0.5) is 0 Å². The summed E-state index contributed by atoms with van der Waals surface area (Å²) >= 11 is 0. The van der Waals surface area contributed by atoms with Crippen molar-refractivity contribution >= 4 is 109 Å². The van der Waals surface area contributed by atoms with E-state index in [-0.39, 0.29) is 10.8 Å². The SMILES string of the molecule is CC1(c2cccc(-c3nc(-n4c5ccccc5c5c(C6C[C@@H]7C[C@@H]6CC(C)(c6cccc(-c8nc(-n9c%10ccccc%10c%10cc(-n%11c%12ccccc%12c%12ccccc%12%11)ccc%109)nc9ccccc89)c6)C7)cc(-n6c7ccccc7c7ccccc76)cc54)nc4ccccc34)c2)C[C@@H]2CC[C@H](C2)C1. The van der Waals surface area contributed by atoms with Crippen molar-refractivity contribution in [3.05, 3.63) is 290 Å². The smallest absolute Gasteiger partial charge is 0.235 e. The molecule has 4 aliphatic carbocycles. The van der Waals surface area contributed by atoms with Gasteiger partial charge in [-0.15, -0.1) is 0 Å². The quantitative estimate of drug-likeness (QED) is 0.144. The standard InChI is InChI=1S/C94H74N8/c1-93(53-57-41-42-58(45-57)54-93)63-23-19-21-60(48-63)90-73-31-4-12-34-79(73)96-92(98-90)102-85-40-18-10-32-74(85)88-77(51-66(52-87(88)102)100-82-37-15-7-27-69(82)70-28-8-16-38-83(70)100)75-47-59-46-62(75)56-94(2,55-59)64-24-20-22-61(49-64)89-72-30-3-11-33-78(72)95-91(97-89)101-84-39-17-9-29-71(84)76-50-65(43-44-86(76)101)99-80-35-13-5-25-67(80)68-26-6-14-36-81(68)99/h3-40,43-44,48-52,57-59,62,75H,41-42,45-47,53-56H2,1-2H3/t57-,58-,59+,62-,75?,94?/m1/s1. The average molecular weight is 1320 g/mol. The van der Waals surface area contributed by atoms with Gasteiger partial charge in [0.05, 0.1) is 66.6 Å². The molecule has 0 saturated heterocycles. The lowest BCUT2D eigenvalue weighted by Gasteiger charge is -2.39. The minimum Gasteiger partial charge on any atom is -0.309 e. The molecule has 6 atom stereocenters. The highest BCUT2D eigenvalue weighted by Crippen LogP contribution is 2.60. The zero-order valence-electron chi connectivity index (χ0n) is 57.3. The van der Waals surface area contributed by atoms with Crippen LogP contribution in [0.5, 0.6) is 0 Å². The predicted molar refractivity (Wildman–Crippen MR) is 420 cm³/mol. The minimum absolute atomic E-state index is 0.0941. The molecule has 18 aromatic rings. The molecule has 4 bridgehead atoms. The van der Waals surface area contributed by atoms with Crippen molar-refractivity contribution in [2.75, 3.05) is 0 Å². The number of fused-ring (bicyclic) bond motifs is 18. The molecule has 8 heteroatoms. The van der Waals surface area contributed by atoms with Crippen molar-refractivity contribution in [2.45, 2.75) is 88.4 Å². The normalized spacial score (nSPS) is 21.3. The fourth-order valence-corrected chi connectivity index (χ4v) is 21.0. The molecule has 6 heterocycles. The fourth-order valence-electron chi connectivity index (χ4n) is 21.0. The lowest BCUT2D eigenvalue weighted by molar-refractivity contribution is 0.227. The van der Waals surface area contributed by atoms with Gasteiger partial charge in [-0.3, -0.25) is 9.13 Å². The summed E-state index contributed by atoms with van der Waals surface area (Å²) < 4.78 is 9.66. The van der Waals surface area contributed by atoms with Gasteiger partial charge in [-0.1, -0.05) is 209 Å². The van der Waals surface area contributed by atoms with Gasteiger partial charge in [-0.2, -0.15) is 0 Å². The van der Waals surface area contributed by atoms with Crippen LogP contribution >= 0.6 is 0 Å². The van der Waals surface area contributed by atoms with Gasteiger partial charge < -0.3 is 9.13 Å². The molecule has 0 spiro atoms. The molecule has 490 valence electrons. The predicted octanol–water partition coefficient (Wildman–Crippen LogP) is 23.6. The molecule has 6 aromatic heterocycles. The Morgan fingerprint density at radius 3 is 1.26 bits per heavy atom. The second-order valence-electron chi connectivity index (χ2n) is 31.2. The lowest BCUT2D eigenvalue weighted by Crippen LogP contribution is -2.31. The molecular formula is C94H74N8. The molecule has 22 rings (SSSR count). The first-order valence-electron chi connectivity index (χ1n) is 37.1. The largest absolute Gasteiger partial charge is 0.309 e. The van der Waals surface area contributed by atoms with Crippen LogP contribution < -0.4 is 0 Å². The van der Waals surface area contributed by atoms with Crippen molar-refractivity contribution in [1.82, 2.24) is 38.2 Å². The summed E-state index contributed by atoms with van der Waals surface area (Å²) in [6.45, 7) is 5.11. The van der Waals surface area contributed by atoms with Crippen LogP contribution in [0.1, 0.15) is 94.2 Å². The Bertz CT molecular complexity index is 6440. The molecule has 12 aromatic carbocycles. The van der Waals surface area contributed by atoms with Gasteiger partial charge in [0.25, 0.3) is 0 Å². The van der Waals surface area contributed by atoms with E-state index in [0.29, 0.717) is 29.7 Å². The van der Waals surface area contributed by atoms with Crippen LogP contribution in [0.2, 0.25) is 0 Å². The minimum atomic E-state index is -0.0941. The molecule has 0 N–H and O–H groups in total. The zero-order chi connectivity index (χ0) is 67.1. The highest BCUT2D eigenvalue weighted by molar-refractivity contribution is 6.15. The van der Waals surface area contributed by atoms with E-state index in [1.54, 1.807) is 0 Å². The van der Waals surface area contributed by atoms with Crippen molar-refractivity contribution in [3.8, 4) is 45.8 Å². The number of benzene rings is 12. The van der Waals surface area contributed by atoms with Crippen LogP contribution in [0, 0.1) is 23.7 Å². The van der Waals surface area contributed by atoms with Gasteiger partial charge >= 0.3 is 0 Å². The van der Waals surface area contributed by atoms with Gasteiger partial charge in [0.1, 0.15) is 0 Å². The van der Waals surface area contributed by atoms with Crippen LogP contribution in [-0.4, -0.2) is 38.2 Å². The average Bonchev–Trinajstić information content (AvgIpc) is 1.55. The van der Waals surface area contributed by atoms with Crippen LogP contribution in [0.3, 0.4) is 0 Å². The van der Waals surface area contributed by atoms with E-state index in [4.69, 9.17) is 19.9 Å². The van der Waals surface area contributed by atoms with Crippen LogP contribution in [-0.2, 0) is 10.8 Å². The van der Waals surface area contributed by atoms with Gasteiger partial charge in [0, 0.05) is 76.4 Å². The van der Waals surface area contributed by atoms with E-state index in [9.17, 15) is 0 Å². The van der Waals surface area contributed by atoms with Crippen LogP contribution in [0.15, 0.2) is 273 Å². The molecule has 2 unspecified atom stereocenters. The Kier molecular flexibility index (Phi) is 12.6. The van der Waals surface area contributed by atoms with Gasteiger partial charge in [0.2, 0.25) is 11.9 Å². The van der Waals surface area contributed by atoms with Gasteiger partial charge in [0.15, 0.2) is 0 Å². The molecular weight excluding hydrogens is 1240 g/mol. The van der Waals surface area contributed by atoms with Crippen molar-refractivity contribution in [2.24, 2.45) is 23.7 Å². The van der Waals surface area contributed by atoms with E-state index < -0.39 is 0 Å². The van der Waals surface area contributed by atoms with Crippen molar-refractivity contribution in [1.29, 1.82) is 0 Å². The Morgan fingerprint density at radius 1 is 0.304 bits per heavy atom. The highest BCUT2D eigenvalue weighted by atomic mass is 15.2. The summed E-state index contributed by atoms with van der Waals surface area (Å²) in [5.74, 6) is 4.29. The summed E-state index contributed by atoms with van der Waals surface area (Å²) in [6.07, 6.45) is 11.2. The highest BCUT2D eigenvalue weighted by Gasteiger charge is 2.48. The molecule has 4 aliphatic rings. The summed E-state index contributed by atoms with van der Waals surface area (Å²) in [6, 6.07) is 102. The zero-order valence-corrected chi connectivity index (χ0v) is 57.3. The van der Waals surface area contributed by atoms with Crippen LogP contribution in [0.25, 0.3) is 155 Å². The maximum atomic E-state index is 5.84. The third-order valence-electron chi connectivity index (χ3n) is 25.1. The monoisotopic (exact) mass is 1310 g/mol. The fraction of sp³-hybridized carbons (Fsp3) is 0.191. The van der Waals surface area contributed by atoms with E-state index in [0.717, 1.165) is 114 Å². The molecule has 0 aliphatic heterocycles. The third kappa shape index (κ3) is 8.74. The lowest BCUT2D eigenvalue weighted by atomic mass is 9.65. The molecule has 0 radical (unpaired) electrons. The second-order valence-corrected chi connectivity index (χ2v) is 31.2. The maximum absolute atomic E-state index is 5.84. The maximum Gasteiger partial charge on any atom is 0.235 e. The number of rotatable bonds is 9.